The van der Waals surface area contributed by atoms with Gasteiger partial charge in [-0.3, -0.25) is 4.79 Å². The third-order valence-corrected chi connectivity index (χ3v) is 5.06. The molecule has 3 aromatic carbocycles. The molecule has 1 unspecified atom stereocenters. The predicted octanol–water partition coefficient (Wildman–Crippen LogP) is 5.47. The van der Waals surface area contributed by atoms with Crippen molar-refractivity contribution in [3.05, 3.63) is 84.4 Å². The van der Waals surface area contributed by atoms with Crippen molar-refractivity contribution in [2.24, 2.45) is 0 Å². The highest BCUT2D eigenvalue weighted by atomic mass is 19.1. The van der Waals surface area contributed by atoms with Crippen molar-refractivity contribution in [3.63, 3.8) is 0 Å². The minimum atomic E-state index is -0.792. The summed E-state index contributed by atoms with van der Waals surface area (Å²) in [5.74, 6) is -0.887. The van der Waals surface area contributed by atoms with Crippen LogP contribution in [0.4, 0.5) is 43.7 Å². The Morgan fingerprint density at radius 3 is 1.81 bits per heavy atom. The number of halogens is 2. The number of carbonyl (C=O) groups excluding carboxylic acids is 1. The van der Waals surface area contributed by atoms with E-state index in [4.69, 9.17) is 4.74 Å². The highest BCUT2D eigenvalue weighted by molar-refractivity contribution is 5.97. The van der Waals surface area contributed by atoms with Gasteiger partial charge in [-0.1, -0.05) is 36.4 Å². The van der Waals surface area contributed by atoms with Gasteiger partial charge < -0.3 is 26.0 Å². The molecule has 0 saturated heterocycles. The van der Waals surface area contributed by atoms with Crippen molar-refractivity contribution < 1.29 is 18.3 Å². The van der Waals surface area contributed by atoms with Crippen molar-refractivity contribution in [3.8, 4) is 5.75 Å². The third-order valence-electron chi connectivity index (χ3n) is 5.06. The number of aromatic nitrogens is 3. The molecule has 0 bridgehead atoms. The van der Waals surface area contributed by atoms with Gasteiger partial charge in [-0.05, 0) is 50.2 Å². The summed E-state index contributed by atoms with van der Waals surface area (Å²) in [6, 6.07) is 18.3. The average Bonchev–Trinajstić information content (AvgIpc) is 2.88. The van der Waals surface area contributed by atoms with Crippen LogP contribution < -0.4 is 26.0 Å². The first-order chi connectivity index (χ1) is 17.9. The Morgan fingerprint density at radius 2 is 1.27 bits per heavy atom. The highest BCUT2D eigenvalue weighted by Crippen LogP contribution is 2.25. The van der Waals surface area contributed by atoms with E-state index in [1.54, 1.807) is 55.5 Å². The lowest BCUT2D eigenvalue weighted by atomic mass is 10.2. The number of hydrogen-bond acceptors (Lipinski definition) is 8. The first-order valence-electron chi connectivity index (χ1n) is 11.5. The van der Waals surface area contributed by atoms with Gasteiger partial charge in [-0.15, -0.1) is 0 Å². The van der Waals surface area contributed by atoms with Crippen molar-refractivity contribution in [2.75, 3.05) is 27.9 Å². The Labute approximate surface area is 212 Å². The third kappa shape index (κ3) is 6.66. The smallest absolute Gasteiger partial charge is 0.246 e. The van der Waals surface area contributed by atoms with E-state index in [0.29, 0.717) is 18.0 Å². The topological polar surface area (TPSA) is 113 Å². The quantitative estimate of drug-likeness (QED) is 0.224. The zero-order valence-electron chi connectivity index (χ0n) is 20.1. The number of nitrogens with zero attached hydrogens (tertiary/aromatic N) is 3. The van der Waals surface area contributed by atoms with E-state index in [2.05, 4.69) is 36.2 Å². The van der Waals surface area contributed by atoms with Gasteiger partial charge in [0.15, 0.2) is 0 Å². The van der Waals surface area contributed by atoms with Crippen LogP contribution >= 0.6 is 0 Å². The van der Waals surface area contributed by atoms with E-state index in [0.717, 1.165) is 0 Å². The molecule has 1 heterocycles. The van der Waals surface area contributed by atoms with Gasteiger partial charge in [-0.25, -0.2) is 8.78 Å². The first-order valence-corrected chi connectivity index (χ1v) is 11.5. The largest absolute Gasteiger partial charge is 0.492 e. The molecular formula is C26H25F2N7O2. The molecule has 0 spiro atoms. The maximum absolute atomic E-state index is 14.2. The summed E-state index contributed by atoms with van der Waals surface area (Å²) in [4.78, 5) is 25.6. The predicted molar refractivity (Wildman–Crippen MR) is 139 cm³/mol. The summed E-state index contributed by atoms with van der Waals surface area (Å²) < 4.78 is 34.0. The number of benzene rings is 3. The van der Waals surface area contributed by atoms with Crippen molar-refractivity contribution in [1.82, 2.24) is 15.0 Å². The van der Waals surface area contributed by atoms with Crippen molar-refractivity contribution in [1.29, 1.82) is 0 Å². The molecule has 0 fully saturated rings. The minimum absolute atomic E-state index is 0.00780. The zero-order valence-corrected chi connectivity index (χ0v) is 20.1. The fourth-order valence-corrected chi connectivity index (χ4v) is 3.27. The summed E-state index contributed by atoms with van der Waals surface area (Å²) in [6.07, 6.45) is 0. The molecule has 37 heavy (non-hydrogen) atoms. The van der Waals surface area contributed by atoms with Gasteiger partial charge in [-0.2, -0.15) is 15.0 Å². The Kier molecular flexibility index (Phi) is 8.04. The number of anilines is 6. The molecule has 4 aromatic rings. The summed E-state index contributed by atoms with van der Waals surface area (Å²) in [5.41, 5.74) is 0.784. The molecule has 4 rings (SSSR count). The molecule has 9 nitrogen and oxygen atoms in total. The van der Waals surface area contributed by atoms with Crippen LogP contribution in [0.5, 0.6) is 5.75 Å². The minimum Gasteiger partial charge on any atom is -0.492 e. The number of para-hydroxylation sites is 4. The molecule has 190 valence electrons. The number of amides is 1. The van der Waals surface area contributed by atoms with Crippen LogP contribution in [-0.2, 0) is 4.79 Å². The highest BCUT2D eigenvalue weighted by Gasteiger charge is 2.18. The van der Waals surface area contributed by atoms with Crippen LogP contribution in [0, 0.1) is 11.6 Å². The number of hydrogen-bond donors (Lipinski definition) is 4. The first kappa shape index (κ1) is 25.3. The van der Waals surface area contributed by atoms with E-state index in [1.165, 1.54) is 24.3 Å². The normalized spacial score (nSPS) is 11.4. The number of ether oxygens (including phenoxy) is 1. The van der Waals surface area contributed by atoms with Crippen LogP contribution in [0.25, 0.3) is 0 Å². The Hall–Kier alpha value is -4.80. The van der Waals surface area contributed by atoms with E-state index in [9.17, 15) is 13.6 Å². The van der Waals surface area contributed by atoms with Gasteiger partial charge in [0.25, 0.3) is 0 Å². The second-order valence-corrected chi connectivity index (χ2v) is 7.80. The van der Waals surface area contributed by atoms with Crippen LogP contribution in [0.3, 0.4) is 0 Å². The Bertz CT molecular complexity index is 1320. The van der Waals surface area contributed by atoms with E-state index in [-0.39, 0.29) is 35.1 Å². The van der Waals surface area contributed by atoms with Gasteiger partial charge in [0.2, 0.25) is 23.8 Å². The van der Waals surface area contributed by atoms with E-state index >= 15 is 0 Å². The molecule has 0 saturated carbocycles. The van der Waals surface area contributed by atoms with Crippen molar-refractivity contribution in [2.45, 2.75) is 19.9 Å². The maximum Gasteiger partial charge on any atom is 0.246 e. The summed E-state index contributed by atoms with van der Waals surface area (Å²) in [7, 11) is 0. The van der Waals surface area contributed by atoms with Crippen LogP contribution in [0.15, 0.2) is 72.8 Å². The molecule has 0 aliphatic carbocycles. The van der Waals surface area contributed by atoms with Crippen LogP contribution in [-0.4, -0.2) is 33.5 Å². The van der Waals surface area contributed by atoms with E-state index in [1.807, 2.05) is 6.92 Å². The lowest BCUT2D eigenvalue weighted by Gasteiger charge is -2.17. The number of rotatable bonds is 10. The second kappa shape index (κ2) is 11.8. The lowest BCUT2D eigenvalue weighted by Crippen LogP contribution is -2.33. The second-order valence-electron chi connectivity index (χ2n) is 7.80. The SMILES string of the molecule is CCOc1ccccc1NC(=O)C(C)Nc1nc(Nc2ccccc2F)nc(Nc2ccccc2F)n1. The molecule has 1 atom stereocenters. The van der Waals surface area contributed by atoms with Gasteiger partial charge in [0.1, 0.15) is 23.4 Å². The molecule has 11 heteroatoms. The molecule has 0 aliphatic rings. The summed E-state index contributed by atoms with van der Waals surface area (Å²) in [6.45, 7) is 3.92. The van der Waals surface area contributed by atoms with Gasteiger partial charge >= 0.3 is 0 Å². The zero-order chi connectivity index (χ0) is 26.2. The van der Waals surface area contributed by atoms with Crippen LogP contribution in [0.1, 0.15) is 13.8 Å². The number of carbonyl (C=O) groups is 1. The monoisotopic (exact) mass is 505 g/mol. The molecule has 0 aliphatic heterocycles. The number of nitrogens with one attached hydrogen (secondary N) is 4. The lowest BCUT2D eigenvalue weighted by molar-refractivity contribution is -0.116. The molecule has 1 aromatic heterocycles. The van der Waals surface area contributed by atoms with Gasteiger partial charge in [0.05, 0.1) is 23.7 Å². The Balaban J connectivity index is 1.57. The van der Waals surface area contributed by atoms with Crippen LogP contribution in [0.2, 0.25) is 0 Å². The van der Waals surface area contributed by atoms with Gasteiger partial charge in [0, 0.05) is 0 Å². The molecule has 1 amide bonds. The van der Waals surface area contributed by atoms with Crippen molar-refractivity contribution >= 4 is 40.8 Å². The molecule has 0 radical (unpaired) electrons. The average molecular weight is 506 g/mol. The fraction of sp³-hybridized carbons (Fsp3) is 0.154. The molecule has 4 N–H and O–H groups in total. The fourth-order valence-electron chi connectivity index (χ4n) is 3.27. The summed E-state index contributed by atoms with van der Waals surface area (Å²) in [5, 5.41) is 11.3. The standard InChI is InChI=1S/C26H25F2N7O2/c1-3-37-22-15-9-8-14-21(22)30-23(36)16(2)29-24-33-25(31-19-12-6-4-10-17(19)27)35-26(34-24)32-20-13-7-5-11-18(20)28/h4-16H,3H2,1-2H3,(H,30,36)(H3,29,31,32,33,34,35). The maximum atomic E-state index is 14.2. The summed E-state index contributed by atoms with van der Waals surface area (Å²) >= 11 is 0. The molecular weight excluding hydrogens is 480 g/mol. The van der Waals surface area contributed by atoms with E-state index < -0.39 is 17.7 Å². The Morgan fingerprint density at radius 1 is 0.784 bits per heavy atom.